The molecule has 3 N–H and O–H groups in total. The molecule has 1 rings (SSSR count). The Morgan fingerprint density at radius 3 is 2.50 bits per heavy atom. The summed E-state index contributed by atoms with van der Waals surface area (Å²) in [6, 6.07) is -0.573. The molecule has 0 aliphatic heterocycles. The third-order valence-corrected chi connectivity index (χ3v) is 2.78. The SMILES string of the molecule is CC(C)C(N)C(=O)NCC(=O)OC1CCC1. The second kappa shape index (κ2) is 5.84. The summed E-state index contributed by atoms with van der Waals surface area (Å²) in [5.41, 5.74) is 5.62. The van der Waals surface area contributed by atoms with Crippen LogP contribution in [0.2, 0.25) is 0 Å². The van der Waals surface area contributed by atoms with Crippen LogP contribution < -0.4 is 11.1 Å². The van der Waals surface area contributed by atoms with Crippen molar-refractivity contribution in [2.24, 2.45) is 11.7 Å². The molecule has 1 aliphatic rings. The monoisotopic (exact) mass is 228 g/mol. The van der Waals surface area contributed by atoms with Gasteiger partial charge in [0.2, 0.25) is 5.91 Å². The second-order valence-corrected chi connectivity index (χ2v) is 4.53. The average molecular weight is 228 g/mol. The molecule has 1 unspecified atom stereocenters. The third-order valence-electron chi connectivity index (χ3n) is 2.78. The zero-order valence-electron chi connectivity index (χ0n) is 9.86. The Bertz CT molecular complexity index is 262. The van der Waals surface area contributed by atoms with E-state index in [0.717, 1.165) is 19.3 Å². The molecule has 0 aromatic heterocycles. The van der Waals surface area contributed by atoms with Crippen LogP contribution in [0, 0.1) is 5.92 Å². The van der Waals surface area contributed by atoms with Crippen LogP contribution in [0.1, 0.15) is 33.1 Å². The van der Waals surface area contributed by atoms with Gasteiger partial charge >= 0.3 is 5.97 Å². The molecule has 1 aliphatic carbocycles. The van der Waals surface area contributed by atoms with Gasteiger partial charge in [-0.3, -0.25) is 9.59 Å². The quantitative estimate of drug-likeness (QED) is 0.658. The van der Waals surface area contributed by atoms with Crippen molar-refractivity contribution in [1.82, 2.24) is 5.32 Å². The smallest absolute Gasteiger partial charge is 0.325 e. The highest BCUT2D eigenvalue weighted by atomic mass is 16.5. The van der Waals surface area contributed by atoms with Gasteiger partial charge in [0.05, 0.1) is 6.04 Å². The molecule has 0 aromatic rings. The lowest BCUT2D eigenvalue weighted by Crippen LogP contribution is -2.46. The molecule has 0 heterocycles. The molecule has 0 saturated heterocycles. The normalized spacial score (nSPS) is 17.8. The van der Waals surface area contributed by atoms with Crippen LogP contribution in [-0.2, 0) is 14.3 Å². The van der Waals surface area contributed by atoms with Crippen molar-refractivity contribution in [2.75, 3.05) is 6.54 Å². The summed E-state index contributed by atoms with van der Waals surface area (Å²) in [7, 11) is 0. The zero-order valence-corrected chi connectivity index (χ0v) is 9.86. The summed E-state index contributed by atoms with van der Waals surface area (Å²) in [6.07, 6.45) is 3.04. The van der Waals surface area contributed by atoms with Gasteiger partial charge in [-0.2, -0.15) is 0 Å². The summed E-state index contributed by atoms with van der Waals surface area (Å²) in [4.78, 5) is 22.7. The van der Waals surface area contributed by atoms with E-state index in [0.29, 0.717) is 0 Å². The maximum absolute atomic E-state index is 11.4. The topological polar surface area (TPSA) is 81.4 Å². The minimum absolute atomic E-state index is 0.0580. The van der Waals surface area contributed by atoms with Gasteiger partial charge in [-0.25, -0.2) is 0 Å². The van der Waals surface area contributed by atoms with E-state index in [2.05, 4.69) is 5.32 Å². The van der Waals surface area contributed by atoms with Gasteiger partial charge in [0, 0.05) is 0 Å². The first kappa shape index (κ1) is 13.0. The Kier molecular flexibility index (Phi) is 4.73. The molecule has 16 heavy (non-hydrogen) atoms. The number of amides is 1. The number of hydrogen-bond donors (Lipinski definition) is 2. The van der Waals surface area contributed by atoms with E-state index >= 15 is 0 Å². The largest absolute Gasteiger partial charge is 0.461 e. The molecular weight excluding hydrogens is 208 g/mol. The molecule has 1 fully saturated rings. The average Bonchev–Trinajstić information content (AvgIpc) is 2.18. The Hall–Kier alpha value is -1.10. The van der Waals surface area contributed by atoms with E-state index in [-0.39, 0.29) is 30.4 Å². The summed E-state index contributed by atoms with van der Waals surface area (Å²) < 4.78 is 5.08. The van der Waals surface area contributed by atoms with Gasteiger partial charge < -0.3 is 15.8 Å². The molecular formula is C11H20N2O3. The number of hydrogen-bond acceptors (Lipinski definition) is 4. The van der Waals surface area contributed by atoms with Gasteiger partial charge in [0.25, 0.3) is 0 Å². The zero-order chi connectivity index (χ0) is 12.1. The second-order valence-electron chi connectivity index (χ2n) is 4.53. The molecule has 0 spiro atoms. The van der Waals surface area contributed by atoms with Gasteiger partial charge in [0.1, 0.15) is 12.6 Å². The van der Waals surface area contributed by atoms with Crippen LogP contribution in [-0.4, -0.2) is 30.6 Å². The number of carbonyl (C=O) groups excluding carboxylic acids is 2. The van der Waals surface area contributed by atoms with Crippen molar-refractivity contribution in [3.63, 3.8) is 0 Å². The van der Waals surface area contributed by atoms with E-state index in [1.165, 1.54) is 0 Å². The van der Waals surface area contributed by atoms with Crippen molar-refractivity contribution >= 4 is 11.9 Å². The highest BCUT2D eigenvalue weighted by molar-refractivity contribution is 5.85. The maximum Gasteiger partial charge on any atom is 0.325 e. The Morgan fingerprint density at radius 1 is 1.44 bits per heavy atom. The number of ether oxygens (including phenoxy) is 1. The molecule has 92 valence electrons. The van der Waals surface area contributed by atoms with Gasteiger partial charge in [-0.1, -0.05) is 13.8 Å². The molecule has 5 heteroatoms. The van der Waals surface area contributed by atoms with E-state index in [4.69, 9.17) is 10.5 Å². The minimum Gasteiger partial charge on any atom is -0.461 e. The van der Waals surface area contributed by atoms with E-state index in [1.54, 1.807) is 0 Å². The van der Waals surface area contributed by atoms with E-state index < -0.39 is 6.04 Å². The van der Waals surface area contributed by atoms with Gasteiger partial charge in [0.15, 0.2) is 0 Å². The van der Waals surface area contributed by atoms with E-state index in [1.807, 2.05) is 13.8 Å². The first-order chi connectivity index (χ1) is 7.50. The number of nitrogens with one attached hydrogen (secondary N) is 1. The van der Waals surface area contributed by atoms with Crippen LogP contribution >= 0.6 is 0 Å². The number of carbonyl (C=O) groups is 2. The summed E-state index contributed by atoms with van der Waals surface area (Å²) in [5.74, 6) is -0.628. The highest BCUT2D eigenvalue weighted by Crippen LogP contribution is 2.21. The van der Waals surface area contributed by atoms with Crippen molar-refractivity contribution in [2.45, 2.75) is 45.3 Å². The Balaban J connectivity index is 2.17. The molecule has 1 amide bonds. The van der Waals surface area contributed by atoms with Crippen LogP contribution in [0.25, 0.3) is 0 Å². The fraction of sp³-hybridized carbons (Fsp3) is 0.818. The summed E-state index contributed by atoms with van der Waals surface area (Å²) in [6.45, 7) is 3.63. The lowest BCUT2D eigenvalue weighted by Gasteiger charge is -2.25. The van der Waals surface area contributed by atoms with Crippen molar-refractivity contribution in [3.8, 4) is 0 Å². The van der Waals surface area contributed by atoms with Gasteiger partial charge in [-0.05, 0) is 25.2 Å². The van der Waals surface area contributed by atoms with Crippen LogP contribution in [0.15, 0.2) is 0 Å². The third kappa shape index (κ3) is 3.81. The predicted octanol–water partition coefficient (Wildman–Crippen LogP) is 0.182. The summed E-state index contributed by atoms with van der Waals surface area (Å²) >= 11 is 0. The molecule has 1 saturated carbocycles. The molecule has 5 nitrogen and oxygen atoms in total. The highest BCUT2D eigenvalue weighted by Gasteiger charge is 2.22. The molecule has 0 bridgehead atoms. The first-order valence-electron chi connectivity index (χ1n) is 5.73. The fourth-order valence-corrected chi connectivity index (χ4v) is 1.30. The Morgan fingerprint density at radius 2 is 2.06 bits per heavy atom. The van der Waals surface area contributed by atoms with Crippen molar-refractivity contribution in [1.29, 1.82) is 0 Å². The number of nitrogens with two attached hydrogens (primary N) is 1. The lowest BCUT2D eigenvalue weighted by molar-refractivity contribution is -0.152. The standard InChI is InChI=1S/C11H20N2O3/c1-7(2)10(12)11(15)13-6-9(14)16-8-4-3-5-8/h7-8,10H,3-6,12H2,1-2H3,(H,13,15). The predicted molar refractivity (Wildman–Crippen MR) is 59.6 cm³/mol. The molecule has 0 radical (unpaired) electrons. The van der Waals surface area contributed by atoms with E-state index in [9.17, 15) is 9.59 Å². The van der Waals surface area contributed by atoms with Crippen LogP contribution in [0.5, 0.6) is 0 Å². The van der Waals surface area contributed by atoms with Gasteiger partial charge in [-0.15, -0.1) is 0 Å². The Labute approximate surface area is 95.7 Å². The number of rotatable bonds is 5. The number of esters is 1. The summed E-state index contributed by atoms with van der Waals surface area (Å²) in [5, 5.41) is 2.48. The fourth-order valence-electron chi connectivity index (χ4n) is 1.30. The molecule has 0 aromatic carbocycles. The van der Waals surface area contributed by atoms with Crippen molar-refractivity contribution in [3.05, 3.63) is 0 Å². The molecule has 1 atom stereocenters. The first-order valence-corrected chi connectivity index (χ1v) is 5.73. The van der Waals surface area contributed by atoms with Crippen LogP contribution in [0.3, 0.4) is 0 Å². The minimum atomic E-state index is -0.573. The van der Waals surface area contributed by atoms with Crippen molar-refractivity contribution < 1.29 is 14.3 Å². The maximum atomic E-state index is 11.4. The van der Waals surface area contributed by atoms with Crippen LogP contribution in [0.4, 0.5) is 0 Å². The lowest BCUT2D eigenvalue weighted by atomic mass is 9.96.